The minimum atomic E-state index is -0.143. The van der Waals surface area contributed by atoms with Crippen LogP contribution in [0.2, 0.25) is 0 Å². The first-order chi connectivity index (χ1) is 9.97. The summed E-state index contributed by atoms with van der Waals surface area (Å²) in [4.78, 5) is 16.9. The molecule has 0 aliphatic carbocycles. The lowest BCUT2D eigenvalue weighted by Crippen LogP contribution is -2.49. The standard InChI is InChI=1S/C16H26N4O/c1-12(20(3)15-8-10-19(2)11-9-15)16(21)18-14-6-4-13(17)5-7-14/h4-7,12,15H,8-11,17H2,1-3H3,(H,18,21). The van der Waals surface area contributed by atoms with Gasteiger partial charge in [0.05, 0.1) is 6.04 Å². The van der Waals surface area contributed by atoms with Crippen LogP contribution < -0.4 is 11.1 Å². The lowest BCUT2D eigenvalue weighted by molar-refractivity contribution is -0.121. The van der Waals surface area contributed by atoms with Gasteiger partial charge in [-0.3, -0.25) is 9.69 Å². The molecular weight excluding hydrogens is 264 g/mol. The zero-order valence-corrected chi connectivity index (χ0v) is 13.2. The maximum Gasteiger partial charge on any atom is 0.241 e. The highest BCUT2D eigenvalue weighted by Crippen LogP contribution is 2.17. The molecule has 1 aliphatic rings. The molecule has 5 nitrogen and oxygen atoms in total. The summed E-state index contributed by atoms with van der Waals surface area (Å²) in [5.41, 5.74) is 7.14. The Labute approximate surface area is 127 Å². The smallest absolute Gasteiger partial charge is 0.241 e. The number of likely N-dealkylation sites (tertiary alicyclic amines) is 1. The van der Waals surface area contributed by atoms with E-state index in [1.165, 1.54) is 0 Å². The first kappa shape index (κ1) is 15.8. The zero-order valence-electron chi connectivity index (χ0n) is 13.2. The Balaban J connectivity index is 1.90. The van der Waals surface area contributed by atoms with Gasteiger partial charge in [0.2, 0.25) is 5.91 Å². The predicted octanol–water partition coefficient (Wildman–Crippen LogP) is 1.62. The van der Waals surface area contributed by atoms with E-state index in [1.54, 1.807) is 12.1 Å². The summed E-state index contributed by atoms with van der Waals surface area (Å²) < 4.78 is 0. The van der Waals surface area contributed by atoms with Crippen molar-refractivity contribution in [3.63, 3.8) is 0 Å². The molecule has 5 heteroatoms. The van der Waals surface area contributed by atoms with E-state index in [0.29, 0.717) is 11.7 Å². The second-order valence-corrected chi connectivity index (χ2v) is 5.99. The van der Waals surface area contributed by atoms with Gasteiger partial charge in [-0.1, -0.05) is 0 Å². The SMILES string of the molecule is CC(C(=O)Nc1ccc(N)cc1)N(C)C1CCN(C)CC1. The lowest BCUT2D eigenvalue weighted by Gasteiger charge is -2.37. The number of hydrogen-bond acceptors (Lipinski definition) is 4. The Morgan fingerprint density at radius 2 is 1.90 bits per heavy atom. The molecule has 0 radical (unpaired) electrons. The van der Waals surface area contributed by atoms with Gasteiger partial charge in [-0.25, -0.2) is 0 Å². The van der Waals surface area contributed by atoms with Crippen LogP contribution in [0.3, 0.4) is 0 Å². The fourth-order valence-electron chi connectivity index (χ4n) is 2.72. The summed E-state index contributed by atoms with van der Waals surface area (Å²) in [7, 11) is 4.19. The van der Waals surface area contributed by atoms with Crippen LogP contribution >= 0.6 is 0 Å². The molecule has 1 amide bonds. The zero-order chi connectivity index (χ0) is 15.4. The molecule has 0 spiro atoms. The maximum absolute atomic E-state index is 12.4. The molecule has 1 aromatic rings. The lowest BCUT2D eigenvalue weighted by atomic mass is 10.0. The number of rotatable bonds is 4. The van der Waals surface area contributed by atoms with Crippen LogP contribution in [0.15, 0.2) is 24.3 Å². The average Bonchev–Trinajstić information content (AvgIpc) is 2.49. The van der Waals surface area contributed by atoms with E-state index in [2.05, 4.69) is 22.2 Å². The van der Waals surface area contributed by atoms with Crippen LogP contribution in [-0.2, 0) is 4.79 Å². The summed E-state index contributed by atoms with van der Waals surface area (Å²) >= 11 is 0. The third-order valence-electron chi connectivity index (χ3n) is 4.43. The van der Waals surface area contributed by atoms with Crippen LogP contribution in [0.25, 0.3) is 0 Å². The molecule has 3 N–H and O–H groups in total. The number of carbonyl (C=O) groups excluding carboxylic acids is 1. The third kappa shape index (κ3) is 4.19. The number of benzene rings is 1. The van der Waals surface area contributed by atoms with Crippen LogP contribution in [0.4, 0.5) is 11.4 Å². The van der Waals surface area contributed by atoms with E-state index < -0.39 is 0 Å². The van der Waals surface area contributed by atoms with Gasteiger partial charge in [-0.15, -0.1) is 0 Å². The van der Waals surface area contributed by atoms with Crippen molar-refractivity contribution in [2.45, 2.75) is 31.8 Å². The Morgan fingerprint density at radius 1 is 1.33 bits per heavy atom. The summed E-state index contributed by atoms with van der Waals surface area (Å²) in [5.74, 6) is 0.0289. The number of anilines is 2. The van der Waals surface area contributed by atoms with Crippen molar-refractivity contribution < 1.29 is 4.79 Å². The largest absolute Gasteiger partial charge is 0.399 e. The van der Waals surface area contributed by atoms with E-state index in [-0.39, 0.29) is 11.9 Å². The minimum absolute atomic E-state index is 0.0289. The molecule has 1 atom stereocenters. The molecule has 116 valence electrons. The highest BCUT2D eigenvalue weighted by atomic mass is 16.2. The molecule has 1 fully saturated rings. The Morgan fingerprint density at radius 3 is 2.48 bits per heavy atom. The van der Waals surface area contributed by atoms with Crippen LogP contribution in [0.5, 0.6) is 0 Å². The summed E-state index contributed by atoms with van der Waals surface area (Å²) in [6, 6.07) is 7.58. The van der Waals surface area contributed by atoms with Gasteiger partial charge in [0.25, 0.3) is 0 Å². The molecule has 1 aliphatic heterocycles. The summed E-state index contributed by atoms with van der Waals surface area (Å²) in [6.45, 7) is 4.16. The Bertz CT molecular complexity index is 466. The number of piperidine rings is 1. The van der Waals surface area contributed by atoms with Gasteiger partial charge in [0, 0.05) is 17.4 Å². The number of likely N-dealkylation sites (N-methyl/N-ethyl adjacent to an activating group) is 1. The van der Waals surface area contributed by atoms with E-state index in [4.69, 9.17) is 5.73 Å². The number of nitrogens with two attached hydrogens (primary N) is 1. The highest BCUT2D eigenvalue weighted by molar-refractivity contribution is 5.94. The predicted molar refractivity (Wildman–Crippen MR) is 87.2 cm³/mol. The molecule has 0 aromatic heterocycles. The molecule has 0 bridgehead atoms. The topological polar surface area (TPSA) is 61.6 Å². The van der Waals surface area contributed by atoms with Crippen LogP contribution in [0, 0.1) is 0 Å². The van der Waals surface area contributed by atoms with Crippen molar-refractivity contribution in [2.75, 3.05) is 38.2 Å². The molecule has 0 saturated carbocycles. The Kier molecular flexibility index (Phi) is 5.20. The quantitative estimate of drug-likeness (QED) is 0.827. The summed E-state index contributed by atoms with van der Waals surface area (Å²) in [6.07, 6.45) is 2.24. The van der Waals surface area contributed by atoms with Gasteiger partial charge in [0.1, 0.15) is 0 Å². The van der Waals surface area contributed by atoms with Crippen molar-refractivity contribution in [2.24, 2.45) is 0 Å². The van der Waals surface area contributed by atoms with Gasteiger partial charge < -0.3 is 16.0 Å². The normalized spacial score (nSPS) is 18.7. The summed E-state index contributed by atoms with van der Waals surface area (Å²) in [5, 5.41) is 2.95. The minimum Gasteiger partial charge on any atom is -0.399 e. The average molecular weight is 290 g/mol. The fraction of sp³-hybridized carbons (Fsp3) is 0.562. The molecule has 1 heterocycles. The molecular formula is C16H26N4O. The van der Waals surface area contributed by atoms with Crippen LogP contribution in [0.1, 0.15) is 19.8 Å². The number of hydrogen-bond donors (Lipinski definition) is 2. The second-order valence-electron chi connectivity index (χ2n) is 5.99. The fourth-order valence-corrected chi connectivity index (χ4v) is 2.72. The number of nitrogen functional groups attached to an aromatic ring is 1. The number of nitrogens with zero attached hydrogens (tertiary/aromatic N) is 2. The van der Waals surface area contributed by atoms with Gasteiger partial charge in [0.15, 0.2) is 0 Å². The van der Waals surface area contributed by atoms with Crippen molar-refractivity contribution >= 4 is 17.3 Å². The van der Waals surface area contributed by atoms with Crippen molar-refractivity contribution in [1.29, 1.82) is 0 Å². The number of amides is 1. The van der Waals surface area contributed by atoms with Crippen molar-refractivity contribution in [3.05, 3.63) is 24.3 Å². The second kappa shape index (κ2) is 6.91. The third-order valence-corrected chi connectivity index (χ3v) is 4.43. The van der Waals surface area contributed by atoms with Crippen molar-refractivity contribution in [1.82, 2.24) is 9.80 Å². The van der Waals surface area contributed by atoms with Gasteiger partial charge in [-0.2, -0.15) is 0 Å². The molecule has 1 aromatic carbocycles. The molecule has 1 saturated heterocycles. The number of carbonyl (C=O) groups is 1. The molecule has 2 rings (SSSR count). The molecule has 1 unspecified atom stereocenters. The van der Waals surface area contributed by atoms with Gasteiger partial charge >= 0.3 is 0 Å². The first-order valence-corrected chi connectivity index (χ1v) is 7.54. The van der Waals surface area contributed by atoms with E-state index in [1.807, 2.05) is 26.1 Å². The van der Waals surface area contributed by atoms with Crippen molar-refractivity contribution in [3.8, 4) is 0 Å². The first-order valence-electron chi connectivity index (χ1n) is 7.54. The number of nitrogens with one attached hydrogen (secondary N) is 1. The van der Waals surface area contributed by atoms with Gasteiger partial charge in [-0.05, 0) is 71.2 Å². The Hall–Kier alpha value is -1.59. The monoisotopic (exact) mass is 290 g/mol. The highest BCUT2D eigenvalue weighted by Gasteiger charge is 2.27. The van der Waals surface area contributed by atoms with E-state index in [0.717, 1.165) is 31.6 Å². The van der Waals surface area contributed by atoms with E-state index >= 15 is 0 Å². The maximum atomic E-state index is 12.4. The van der Waals surface area contributed by atoms with E-state index in [9.17, 15) is 4.79 Å². The van der Waals surface area contributed by atoms with Crippen LogP contribution in [-0.4, -0.2) is 55.0 Å². The molecule has 21 heavy (non-hydrogen) atoms.